The van der Waals surface area contributed by atoms with Crippen LogP contribution in [0.15, 0.2) is 16.8 Å². The van der Waals surface area contributed by atoms with Crippen LogP contribution in [0.5, 0.6) is 0 Å². The maximum atomic E-state index is 5.38. The lowest BCUT2D eigenvalue weighted by molar-refractivity contribution is 0.345. The van der Waals surface area contributed by atoms with Crippen LogP contribution in [0.1, 0.15) is 37.3 Å². The van der Waals surface area contributed by atoms with E-state index in [0.717, 1.165) is 29.7 Å². The van der Waals surface area contributed by atoms with Crippen molar-refractivity contribution in [3.63, 3.8) is 0 Å². The van der Waals surface area contributed by atoms with Gasteiger partial charge in [0.05, 0.1) is 0 Å². The van der Waals surface area contributed by atoms with Crippen LogP contribution in [0.4, 0.5) is 0 Å². The highest BCUT2D eigenvalue weighted by Gasteiger charge is 2.16. The third-order valence-corrected chi connectivity index (χ3v) is 3.48. The lowest BCUT2D eigenvalue weighted by atomic mass is 10.0. The molecular weight excluding hydrogens is 264 g/mol. The largest absolute Gasteiger partial charge is 0.339 e. The van der Waals surface area contributed by atoms with E-state index in [0.29, 0.717) is 23.7 Å². The van der Waals surface area contributed by atoms with Gasteiger partial charge in [0.1, 0.15) is 5.69 Å². The van der Waals surface area contributed by atoms with Gasteiger partial charge in [-0.2, -0.15) is 4.98 Å². The number of nitrogens with one attached hydrogen (secondary N) is 1. The summed E-state index contributed by atoms with van der Waals surface area (Å²) in [5.41, 5.74) is 2.99. The smallest absolute Gasteiger partial charge is 0.228 e. The number of rotatable bonds is 6. The first kappa shape index (κ1) is 15.6. The molecule has 0 amide bonds. The molecule has 5 heteroatoms. The Hall–Kier alpha value is -1.75. The Labute approximate surface area is 126 Å². The monoisotopic (exact) mass is 288 g/mol. The van der Waals surface area contributed by atoms with Crippen LogP contribution in [0, 0.1) is 19.8 Å². The minimum absolute atomic E-state index is 0.352. The highest BCUT2D eigenvalue weighted by molar-refractivity contribution is 5.53. The molecule has 0 fully saturated rings. The SMILES string of the molecule is CNC(Cc1nc(-c2ncc(C)cc2C)no1)CC(C)C. The molecule has 0 aliphatic heterocycles. The van der Waals surface area contributed by atoms with Crippen molar-refractivity contribution in [3.8, 4) is 11.5 Å². The normalized spacial score (nSPS) is 12.9. The Balaban J connectivity index is 2.14. The van der Waals surface area contributed by atoms with Crippen molar-refractivity contribution >= 4 is 0 Å². The summed E-state index contributed by atoms with van der Waals surface area (Å²) in [7, 11) is 1.97. The van der Waals surface area contributed by atoms with Gasteiger partial charge in [0, 0.05) is 18.7 Å². The van der Waals surface area contributed by atoms with Crippen molar-refractivity contribution in [2.75, 3.05) is 7.05 Å². The minimum Gasteiger partial charge on any atom is -0.339 e. The van der Waals surface area contributed by atoms with Crippen molar-refractivity contribution in [1.29, 1.82) is 0 Å². The zero-order chi connectivity index (χ0) is 15.4. The highest BCUT2D eigenvalue weighted by atomic mass is 16.5. The first-order chi connectivity index (χ1) is 9.99. The second kappa shape index (κ2) is 6.80. The zero-order valence-corrected chi connectivity index (χ0v) is 13.5. The third kappa shape index (κ3) is 4.11. The third-order valence-electron chi connectivity index (χ3n) is 3.48. The number of hydrogen-bond acceptors (Lipinski definition) is 5. The quantitative estimate of drug-likeness (QED) is 0.885. The van der Waals surface area contributed by atoms with Crippen molar-refractivity contribution in [3.05, 3.63) is 29.3 Å². The van der Waals surface area contributed by atoms with Gasteiger partial charge >= 0.3 is 0 Å². The topological polar surface area (TPSA) is 63.8 Å². The lowest BCUT2D eigenvalue weighted by Crippen LogP contribution is -2.29. The van der Waals surface area contributed by atoms with E-state index in [1.807, 2.05) is 27.1 Å². The first-order valence-electron chi connectivity index (χ1n) is 7.43. The summed E-state index contributed by atoms with van der Waals surface area (Å²) in [5, 5.41) is 7.37. The molecule has 0 aliphatic carbocycles. The fourth-order valence-electron chi connectivity index (χ4n) is 2.47. The maximum Gasteiger partial charge on any atom is 0.228 e. The molecule has 0 bridgehead atoms. The van der Waals surface area contributed by atoms with Gasteiger partial charge in [0.2, 0.25) is 11.7 Å². The molecule has 2 aromatic rings. The molecule has 0 saturated carbocycles. The van der Waals surface area contributed by atoms with Crippen molar-refractivity contribution in [2.24, 2.45) is 5.92 Å². The molecule has 1 N–H and O–H groups in total. The Kier molecular flexibility index (Phi) is 5.07. The molecule has 2 heterocycles. The van der Waals surface area contributed by atoms with E-state index in [2.05, 4.69) is 40.4 Å². The first-order valence-corrected chi connectivity index (χ1v) is 7.43. The van der Waals surface area contributed by atoms with E-state index >= 15 is 0 Å². The van der Waals surface area contributed by atoms with Crippen LogP contribution < -0.4 is 5.32 Å². The zero-order valence-electron chi connectivity index (χ0n) is 13.5. The molecule has 0 aliphatic rings. The number of pyridine rings is 1. The molecule has 1 atom stereocenters. The Bertz CT molecular complexity index is 592. The van der Waals surface area contributed by atoms with E-state index in [9.17, 15) is 0 Å². The molecule has 2 aromatic heterocycles. The average Bonchev–Trinajstić information content (AvgIpc) is 2.85. The van der Waals surface area contributed by atoms with E-state index in [1.165, 1.54) is 0 Å². The molecule has 1 unspecified atom stereocenters. The van der Waals surface area contributed by atoms with Gasteiger partial charge in [0.25, 0.3) is 0 Å². The number of nitrogens with zero attached hydrogens (tertiary/aromatic N) is 3. The highest BCUT2D eigenvalue weighted by Crippen LogP contribution is 2.19. The number of likely N-dealkylation sites (N-methyl/N-ethyl adjacent to an activating group) is 1. The van der Waals surface area contributed by atoms with Crippen LogP contribution in [0.2, 0.25) is 0 Å². The van der Waals surface area contributed by atoms with Gasteiger partial charge in [-0.05, 0) is 44.4 Å². The number of aryl methyl sites for hydroxylation is 2. The fraction of sp³-hybridized carbons (Fsp3) is 0.562. The lowest BCUT2D eigenvalue weighted by Gasteiger charge is -2.15. The van der Waals surface area contributed by atoms with E-state index in [-0.39, 0.29) is 0 Å². The van der Waals surface area contributed by atoms with Gasteiger partial charge in [-0.1, -0.05) is 25.1 Å². The molecule has 0 spiro atoms. The molecule has 114 valence electrons. The predicted molar refractivity (Wildman–Crippen MR) is 83.0 cm³/mol. The molecule has 21 heavy (non-hydrogen) atoms. The molecule has 2 rings (SSSR count). The molecule has 5 nitrogen and oxygen atoms in total. The van der Waals surface area contributed by atoms with Crippen LogP contribution in [-0.2, 0) is 6.42 Å². The minimum atomic E-state index is 0.352. The van der Waals surface area contributed by atoms with Crippen LogP contribution in [0.25, 0.3) is 11.5 Å². The molecule has 0 radical (unpaired) electrons. The maximum absolute atomic E-state index is 5.38. The summed E-state index contributed by atoms with van der Waals surface area (Å²) in [6, 6.07) is 2.43. The van der Waals surface area contributed by atoms with E-state index < -0.39 is 0 Å². The van der Waals surface area contributed by atoms with Gasteiger partial charge in [0.15, 0.2) is 0 Å². The van der Waals surface area contributed by atoms with Gasteiger partial charge in [-0.3, -0.25) is 4.98 Å². The van der Waals surface area contributed by atoms with Crippen molar-refractivity contribution < 1.29 is 4.52 Å². The van der Waals surface area contributed by atoms with Crippen LogP contribution >= 0.6 is 0 Å². The Morgan fingerprint density at radius 2 is 2.05 bits per heavy atom. The summed E-state index contributed by atoms with van der Waals surface area (Å²) in [6.45, 7) is 8.46. The van der Waals surface area contributed by atoms with E-state index in [4.69, 9.17) is 4.52 Å². The summed E-state index contributed by atoms with van der Waals surface area (Å²) >= 11 is 0. The summed E-state index contributed by atoms with van der Waals surface area (Å²) in [5.74, 6) is 1.86. The number of aromatic nitrogens is 3. The van der Waals surface area contributed by atoms with Crippen LogP contribution in [-0.4, -0.2) is 28.2 Å². The molecule has 0 saturated heterocycles. The van der Waals surface area contributed by atoms with Crippen LogP contribution in [0.3, 0.4) is 0 Å². The average molecular weight is 288 g/mol. The van der Waals surface area contributed by atoms with Crippen molar-refractivity contribution in [1.82, 2.24) is 20.4 Å². The van der Waals surface area contributed by atoms with E-state index in [1.54, 1.807) is 0 Å². The second-order valence-corrected chi connectivity index (χ2v) is 6.01. The summed E-state index contributed by atoms with van der Waals surface area (Å²) < 4.78 is 5.38. The second-order valence-electron chi connectivity index (χ2n) is 6.01. The fourth-order valence-corrected chi connectivity index (χ4v) is 2.47. The standard InChI is InChI=1S/C16H24N4O/c1-10(2)6-13(17-5)8-14-19-16(20-21-14)15-12(4)7-11(3)9-18-15/h7,9-10,13,17H,6,8H2,1-5H3. The summed E-state index contributed by atoms with van der Waals surface area (Å²) in [4.78, 5) is 8.89. The Morgan fingerprint density at radius 1 is 1.29 bits per heavy atom. The van der Waals surface area contributed by atoms with Gasteiger partial charge in [-0.15, -0.1) is 0 Å². The molecule has 0 aromatic carbocycles. The van der Waals surface area contributed by atoms with Gasteiger partial charge < -0.3 is 9.84 Å². The number of hydrogen-bond donors (Lipinski definition) is 1. The summed E-state index contributed by atoms with van der Waals surface area (Å²) in [6.07, 6.45) is 3.65. The molecular formula is C16H24N4O. The van der Waals surface area contributed by atoms with Crippen molar-refractivity contribution in [2.45, 2.75) is 46.6 Å². The Morgan fingerprint density at radius 3 is 2.67 bits per heavy atom. The predicted octanol–water partition coefficient (Wildman–Crippen LogP) is 2.93. The van der Waals surface area contributed by atoms with Gasteiger partial charge in [-0.25, -0.2) is 0 Å².